The Morgan fingerprint density at radius 2 is 1.91 bits per heavy atom. The Bertz CT molecular complexity index is 1570. The number of methoxy groups -OCH3 is 1. The van der Waals surface area contributed by atoms with Crippen LogP contribution >= 0.6 is 0 Å². The van der Waals surface area contributed by atoms with Gasteiger partial charge in [0.25, 0.3) is 0 Å². The van der Waals surface area contributed by atoms with Gasteiger partial charge in [-0.1, -0.05) is 12.1 Å². The number of aryl methyl sites for hydroxylation is 2. The monoisotopic (exact) mass is 629 g/mol. The zero-order chi connectivity index (χ0) is 32.2. The number of amides is 3. The molecule has 0 radical (unpaired) electrons. The van der Waals surface area contributed by atoms with E-state index in [0.29, 0.717) is 39.9 Å². The molecule has 14 heteroatoms. The topological polar surface area (TPSA) is 164 Å². The van der Waals surface area contributed by atoms with Gasteiger partial charge in [0.15, 0.2) is 5.76 Å². The lowest BCUT2D eigenvalue weighted by Gasteiger charge is -2.33. The lowest BCUT2D eigenvalue weighted by Crippen LogP contribution is -2.48. The third kappa shape index (κ3) is 7.31. The highest BCUT2D eigenvalue weighted by Gasteiger charge is 2.33. The van der Waals surface area contributed by atoms with E-state index in [9.17, 15) is 23.1 Å². The molecule has 1 aliphatic heterocycles. The average molecular weight is 630 g/mol. The normalized spacial score (nSPS) is 18.0. The second-order valence-corrected chi connectivity index (χ2v) is 13.0. The van der Waals surface area contributed by atoms with E-state index in [1.165, 1.54) is 30.6 Å². The Balaban J connectivity index is 1.62. The first kappa shape index (κ1) is 32.8. The van der Waals surface area contributed by atoms with Crippen molar-refractivity contribution in [3.05, 3.63) is 59.5 Å². The van der Waals surface area contributed by atoms with Gasteiger partial charge in [0.05, 0.1) is 37.6 Å². The number of ether oxygens (including phenoxy) is 2. The zero-order valence-corrected chi connectivity index (χ0v) is 26.5. The molecule has 0 bridgehead atoms. The van der Waals surface area contributed by atoms with Crippen LogP contribution in [0, 0.1) is 19.8 Å². The standard InChI is InChI=1S/C30H39N5O8S/c1-18-15-35(19(2)17-36)28(37)14-22-13-23(31-30(38)32-29-20(3)33-43-21(29)4)7-12-26(22)42-27(18)16-34(5)44(39,40)25-10-8-24(41-6)9-11-25/h7-13,18-19,27,36H,14-17H2,1-6H3,(H2,31,32,38)/t18-,19+,27+/m0/s1. The molecule has 1 aliphatic rings. The number of likely N-dealkylation sites (N-methyl/N-ethyl adjacent to an activating group) is 1. The first-order valence-corrected chi connectivity index (χ1v) is 15.6. The molecule has 4 rings (SSSR count). The Hall–Kier alpha value is -4.14. The predicted molar refractivity (Wildman–Crippen MR) is 163 cm³/mol. The summed E-state index contributed by atoms with van der Waals surface area (Å²) in [6.07, 6.45) is -0.715. The molecule has 1 aromatic heterocycles. The van der Waals surface area contributed by atoms with Gasteiger partial charge in [0.2, 0.25) is 15.9 Å². The van der Waals surface area contributed by atoms with Crippen molar-refractivity contribution in [3.63, 3.8) is 0 Å². The van der Waals surface area contributed by atoms with E-state index in [2.05, 4.69) is 15.8 Å². The summed E-state index contributed by atoms with van der Waals surface area (Å²) in [5.74, 6) is 0.838. The number of rotatable bonds is 9. The molecule has 0 spiro atoms. The molecule has 0 saturated carbocycles. The fourth-order valence-corrected chi connectivity index (χ4v) is 6.12. The lowest BCUT2D eigenvalue weighted by atomic mass is 10.0. The van der Waals surface area contributed by atoms with Crippen molar-refractivity contribution in [3.8, 4) is 11.5 Å². The summed E-state index contributed by atoms with van der Waals surface area (Å²) in [7, 11) is -0.893. The quantitative estimate of drug-likeness (QED) is 0.322. The Labute approximate surface area is 257 Å². The number of hydrogen-bond acceptors (Lipinski definition) is 9. The highest BCUT2D eigenvalue weighted by atomic mass is 32.2. The second kappa shape index (κ2) is 13.7. The van der Waals surface area contributed by atoms with E-state index in [0.717, 1.165) is 0 Å². The van der Waals surface area contributed by atoms with Crippen molar-refractivity contribution in [2.24, 2.45) is 5.92 Å². The lowest BCUT2D eigenvalue weighted by molar-refractivity contribution is -0.134. The molecule has 3 aromatic rings. The van der Waals surface area contributed by atoms with Crippen LogP contribution in [0.4, 0.5) is 16.2 Å². The molecule has 0 fully saturated rings. The van der Waals surface area contributed by atoms with E-state index in [4.69, 9.17) is 14.0 Å². The van der Waals surface area contributed by atoms with Gasteiger partial charge >= 0.3 is 6.03 Å². The van der Waals surface area contributed by atoms with Crippen LogP contribution in [0.25, 0.3) is 0 Å². The predicted octanol–water partition coefficient (Wildman–Crippen LogP) is 3.41. The van der Waals surface area contributed by atoms with Crippen LogP contribution in [0.3, 0.4) is 0 Å². The van der Waals surface area contributed by atoms with Crippen LogP contribution in [-0.4, -0.2) is 85.8 Å². The molecule has 2 aromatic carbocycles. The van der Waals surface area contributed by atoms with Gasteiger partial charge in [-0.2, -0.15) is 4.31 Å². The average Bonchev–Trinajstić information content (AvgIpc) is 3.33. The number of benzene rings is 2. The van der Waals surface area contributed by atoms with Crippen molar-refractivity contribution in [2.45, 2.75) is 51.2 Å². The summed E-state index contributed by atoms with van der Waals surface area (Å²) in [5, 5.41) is 19.2. The Kier molecular flexibility index (Phi) is 10.2. The van der Waals surface area contributed by atoms with Gasteiger partial charge in [0.1, 0.15) is 29.0 Å². The summed E-state index contributed by atoms with van der Waals surface area (Å²) in [6.45, 7) is 7.00. The number of urea groups is 1. The third-order valence-corrected chi connectivity index (χ3v) is 9.49. The number of fused-ring (bicyclic) bond motifs is 1. The van der Waals surface area contributed by atoms with Crippen molar-refractivity contribution in [1.29, 1.82) is 0 Å². The molecule has 238 valence electrons. The maximum Gasteiger partial charge on any atom is 0.323 e. The van der Waals surface area contributed by atoms with Crippen LogP contribution in [0.1, 0.15) is 30.9 Å². The summed E-state index contributed by atoms with van der Waals surface area (Å²) in [4.78, 5) is 27.9. The highest BCUT2D eigenvalue weighted by molar-refractivity contribution is 7.89. The van der Waals surface area contributed by atoms with Gasteiger partial charge in [-0.15, -0.1) is 0 Å². The fourth-order valence-electron chi connectivity index (χ4n) is 4.94. The number of nitrogens with zero attached hydrogens (tertiary/aromatic N) is 3. The summed E-state index contributed by atoms with van der Waals surface area (Å²) in [5.41, 5.74) is 1.90. The first-order valence-electron chi connectivity index (χ1n) is 14.1. The number of aromatic nitrogens is 1. The van der Waals surface area contributed by atoms with Gasteiger partial charge in [-0.25, -0.2) is 13.2 Å². The minimum Gasteiger partial charge on any atom is -0.497 e. The minimum atomic E-state index is -3.88. The first-order chi connectivity index (χ1) is 20.8. The molecular weight excluding hydrogens is 590 g/mol. The van der Waals surface area contributed by atoms with Crippen LogP contribution < -0.4 is 20.1 Å². The molecular formula is C30H39N5O8S. The van der Waals surface area contributed by atoms with Gasteiger partial charge in [-0.05, 0) is 63.2 Å². The molecule has 2 heterocycles. The van der Waals surface area contributed by atoms with Crippen molar-refractivity contribution < 1.29 is 37.1 Å². The number of carbonyl (C=O) groups excluding carboxylic acids is 2. The second-order valence-electron chi connectivity index (χ2n) is 10.9. The minimum absolute atomic E-state index is 0.00957. The number of nitrogens with one attached hydrogen (secondary N) is 2. The van der Waals surface area contributed by atoms with E-state index in [1.54, 1.807) is 56.0 Å². The maximum atomic E-state index is 13.5. The van der Waals surface area contributed by atoms with Crippen molar-refractivity contribution in [2.75, 3.05) is 44.5 Å². The van der Waals surface area contributed by atoms with Gasteiger partial charge in [-0.3, -0.25) is 4.79 Å². The number of sulfonamides is 1. The van der Waals surface area contributed by atoms with Crippen LogP contribution in [0.2, 0.25) is 0 Å². The van der Waals surface area contributed by atoms with Gasteiger partial charge < -0.3 is 34.6 Å². The molecule has 3 atom stereocenters. The maximum absolute atomic E-state index is 13.5. The summed E-state index contributed by atoms with van der Waals surface area (Å²) < 4.78 is 44.8. The molecule has 13 nitrogen and oxygen atoms in total. The number of aliphatic hydroxyl groups excluding tert-OH is 1. The SMILES string of the molecule is COc1ccc(S(=O)(=O)N(C)C[C@H]2Oc3ccc(NC(=O)Nc4c(C)noc4C)cc3CC(=O)N([C@H](C)CO)C[C@@H]2C)cc1. The molecule has 0 unspecified atom stereocenters. The smallest absolute Gasteiger partial charge is 0.323 e. The molecule has 44 heavy (non-hydrogen) atoms. The highest BCUT2D eigenvalue weighted by Crippen LogP contribution is 2.30. The molecule has 0 aliphatic carbocycles. The van der Waals surface area contributed by atoms with E-state index in [1.807, 2.05) is 6.92 Å². The number of aliphatic hydroxyl groups is 1. The summed E-state index contributed by atoms with van der Waals surface area (Å²) >= 11 is 0. The van der Waals surface area contributed by atoms with Crippen LogP contribution in [0.15, 0.2) is 51.9 Å². The van der Waals surface area contributed by atoms with Crippen molar-refractivity contribution >= 4 is 33.3 Å². The van der Waals surface area contributed by atoms with Crippen molar-refractivity contribution in [1.82, 2.24) is 14.4 Å². The largest absolute Gasteiger partial charge is 0.497 e. The molecule has 0 saturated heterocycles. The molecule has 3 N–H and O–H groups in total. The van der Waals surface area contributed by atoms with E-state index < -0.39 is 28.2 Å². The summed E-state index contributed by atoms with van der Waals surface area (Å²) in [6, 6.07) is 10.1. The van der Waals surface area contributed by atoms with E-state index >= 15 is 0 Å². The third-order valence-electron chi connectivity index (χ3n) is 7.65. The zero-order valence-electron chi connectivity index (χ0n) is 25.7. The van der Waals surface area contributed by atoms with E-state index in [-0.39, 0.29) is 42.8 Å². The van der Waals surface area contributed by atoms with Crippen LogP contribution in [-0.2, 0) is 21.2 Å². The van der Waals surface area contributed by atoms with Crippen LogP contribution in [0.5, 0.6) is 11.5 Å². The number of hydrogen-bond donors (Lipinski definition) is 3. The number of anilines is 2. The fraction of sp³-hybridized carbons (Fsp3) is 0.433. The Morgan fingerprint density at radius 3 is 2.52 bits per heavy atom. The van der Waals surface area contributed by atoms with Gasteiger partial charge in [0, 0.05) is 30.8 Å². The molecule has 3 amide bonds. The number of carbonyl (C=O) groups is 2. The Morgan fingerprint density at radius 1 is 1.20 bits per heavy atom.